The summed E-state index contributed by atoms with van der Waals surface area (Å²) in [5.41, 5.74) is 3.98. The van der Waals surface area contributed by atoms with Gasteiger partial charge >= 0.3 is 0 Å². The van der Waals surface area contributed by atoms with Gasteiger partial charge in [0.25, 0.3) is 0 Å². The molecule has 0 spiro atoms. The largest absolute Gasteiger partial charge is 0.497 e. The third kappa shape index (κ3) is 5.26. The molecule has 2 heterocycles. The van der Waals surface area contributed by atoms with Crippen LogP contribution in [0, 0.1) is 19.8 Å². The predicted molar refractivity (Wildman–Crippen MR) is 131 cm³/mol. The highest BCUT2D eigenvalue weighted by Crippen LogP contribution is 2.29. The molecular weight excluding hydrogens is 420 g/mol. The quantitative estimate of drug-likeness (QED) is 0.279. The Hall–Kier alpha value is -2.54. The fourth-order valence-corrected chi connectivity index (χ4v) is 4.75. The van der Waals surface area contributed by atoms with E-state index in [0.717, 1.165) is 52.2 Å². The number of carbonyl (C=O) groups is 1. The van der Waals surface area contributed by atoms with Crippen LogP contribution in [-0.4, -0.2) is 38.0 Å². The topological polar surface area (TPSA) is 61.9 Å². The van der Waals surface area contributed by atoms with Crippen molar-refractivity contribution in [2.75, 3.05) is 12.9 Å². The number of carbonyl (C=O) groups excluding carboxylic acids is 1. The van der Waals surface area contributed by atoms with Gasteiger partial charge in [0, 0.05) is 35.1 Å². The van der Waals surface area contributed by atoms with Crippen LogP contribution < -0.4 is 4.74 Å². The van der Waals surface area contributed by atoms with Crippen LogP contribution in [0.25, 0.3) is 11.4 Å². The van der Waals surface area contributed by atoms with Gasteiger partial charge < -0.3 is 9.30 Å². The Kier molecular flexibility index (Phi) is 7.82. The molecule has 0 unspecified atom stereocenters. The Labute approximate surface area is 195 Å². The number of benzene rings is 1. The molecule has 0 amide bonds. The molecule has 32 heavy (non-hydrogen) atoms. The van der Waals surface area contributed by atoms with Gasteiger partial charge in [0.05, 0.1) is 12.9 Å². The van der Waals surface area contributed by atoms with Crippen LogP contribution in [0.4, 0.5) is 0 Å². The van der Waals surface area contributed by atoms with E-state index in [1.54, 1.807) is 7.11 Å². The second kappa shape index (κ2) is 10.4. The predicted octanol–water partition coefficient (Wildman–Crippen LogP) is 5.97. The average molecular weight is 455 g/mol. The Morgan fingerprint density at radius 1 is 1.09 bits per heavy atom. The van der Waals surface area contributed by atoms with E-state index in [9.17, 15) is 4.79 Å². The van der Waals surface area contributed by atoms with Crippen molar-refractivity contribution in [1.82, 2.24) is 19.3 Å². The molecule has 1 aromatic carbocycles. The number of hydrogen-bond acceptors (Lipinski definition) is 5. The van der Waals surface area contributed by atoms with Gasteiger partial charge in [-0.05, 0) is 70.4 Å². The number of ketones is 1. The van der Waals surface area contributed by atoms with Gasteiger partial charge in [-0.25, -0.2) is 0 Å². The summed E-state index contributed by atoms with van der Waals surface area (Å²) in [5, 5.41) is 9.59. The number of aryl methyl sites for hydroxylation is 1. The molecule has 6 nitrogen and oxygen atoms in total. The van der Waals surface area contributed by atoms with Crippen molar-refractivity contribution in [3.8, 4) is 17.1 Å². The number of methoxy groups -OCH3 is 1. The van der Waals surface area contributed by atoms with Gasteiger partial charge in [0.2, 0.25) is 0 Å². The van der Waals surface area contributed by atoms with Crippen molar-refractivity contribution in [2.24, 2.45) is 5.92 Å². The van der Waals surface area contributed by atoms with Gasteiger partial charge in [-0.2, -0.15) is 0 Å². The molecule has 3 aromatic rings. The molecule has 0 saturated heterocycles. The highest BCUT2D eigenvalue weighted by molar-refractivity contribution is 7.99. The van der Waals surface area contributed by atoms with E-state index in [1.807, 2.05) is 37.3 Å². The molecule has 172 valence electrons. The summed E-state index contributed by atoms with van der Waals surface area (Å²) in [6.45, 7) is 13.7. The minimum Gasteiger partial charge on any atom is -0.497 e. The summed E-state index contributed by atoms with van der Waals surface area (Å²) < 4.78 is 9.60. The molecule has 0 saturated carbocycles. The number of ether oxygens (including phenoxy) is 1. The van der Waals surface area contributed by atoms with Crippen LogP contribution in [0.15, 0.2) is 35.5 Å². The van der Waals surface area contributed by atoms with E-state index >= 15 is 0 Å². The zero-order valence-corrected chi connectivity index (χ0v) is 21.0. The molecule has 3 rings (SSSR count). The van der Waals surface area contributed by atoms with E-state index in [2.05, 4.69) is 54.0 Å². The summed E-state index contributed by atoms with van der Waals surface area (Å²) in [4.78, 5) is 13.1. The van der Waals surface area contributed by atoms with Crippen molar-refractivity contribution in [3.63, 3.8) is 0 Å². The lowest BCUT2D eigenvalue weighted by Gasteiger charge is -2.14. The van der Waals surface area contributed by atoms with Crippen molar-refractivity contribution < 1.29 is 9.53 Å². The number of hydrogen-bond donors (Lipinski definition) is 0. The molecule has 0 bridgehead atoms. The minimum atomic E-state index is 0.128. The maximum atomic E-state index is 13.1. The Bertz CT molecular complexity index is 1060. The van der Waals surface area contributed by atoms with Gasteiger partial charge in [-0.3, -0.25) is 9.36 Å². The maximum Gasteiger partial charge on any atom is 0.192 e. The third-order valence-electron chi connectivity index (χ3n) is 5.67. The second-order valence-corrected chi connectivity index (χ2v) is 9.77. The summed E-state index contributed by atoms with van der Waals surface area (Å²) >= 11 is 1.45. The zero-order valence-electron chi connectivity index (χ0n) is 20.2. The van der Waals surface area contributed by atoms with Crippen molar-refractivity contribution in [1.29, 1.82) is 0 Å². The van der Waals surface area contributed by atoms with Crippen molar-refractivity contribution in [3.05, 3.63) is 47.3 Å². The van der Waals surface area contributed by atoms with Crippen LogP contribution in [0.5, 0.6) is 5.75 Å². The van der Waals surface area contributed by atoms with Gasteiger partial charge in [-0.15, -0.1) is 10.2 Å². The molecular formula is C25H34N4O2S. The van der Waals surface area contributed by atoms with Crippen LogP contribution in [0.3, 0.4) is 0 Å². The summed E-state index contributed by atoms with van der Waals surface area (Å²) in [5.74, 6) is 2.69. The summed E-state index contributed by atoms with van der Waals surface area (Å²) in [6, 6.07) is 9.98. The lowest BCUT2D eigenvalue weighted by Crippen LogP contribution is -2.09. The first-order valence-electron chi connectivity index (χ1n) is 11.1. The minimum absolute atomic E-state index is 0.128. The van der Waals surface area contributed by atoms with Crippen LogP contribution in [0.2, 0.25) is 0 Å². The molecule has 0 N–H and O–H groups in total. The molecule has 0 aliphatic rings. The highest BCUT2D eigenvalue weighted by atomic mass is 32.2. The van der Waals surface area contributed by atoms with E-state index in [4.69, 9.17) is 4.74 Å². The molecule has 0 fully saturated rings. The number of nitrogens with zero attached hydrogens (tertiary/aromatic N) is 4. The number of thioether (sulfide) groups is 1. The maximum absolute atomic E-state index is 13.1. The zero-order chi connectivity index (χ0) is 23.4. The lowest BCUT2D eigenvalue weighted by molar-refractivity contribution is 0.102. The normalized spacial score (nSPS) is 11.5. The molecule has 0 aliphatic carbocycles. The third-order valence-corrected chi connectivity index (χ3v) is 6.61. The summed E-state index contributed by atoms with van der Waals surface area (Å²) in [6.07, 6.45) is 1.10. The highest BCUT2D eigenvalue weighted by Gasteiger charge is 2.20. The van der Waals surface area contributed by atoms with Gasteiger partial charge in [0.1, 0.15) is 5.75 Å². The average Bonchev–Trinajstić information content (AvgIpc) is 3.31. The van der Waals surface area contributed by atoms with Crippen molar-refractivity contribution >= 4 is 17.5 Å². The second-order valence-electron chi connectivity index (χ2n) is 8.83. The number of aromatic nitrogens is 4. The lowest BCUT2D eigenvalue weighted by atomic mass is 10.1. The first-order valence-corrected chi connectivity index (χ1v) is 12.1. The smallest absolute Gasteiger partial charge is 0.192 e. The first kappa shape index (κ1) is 24.1. The SMILES string of the molecule is COc1ccc(-c2nnc(SCC(=O)c3cc(C)n(CCC(C)C)c3C)n2C(C)C)cc1. The van der Waals surface area contributed by atoms with Crippen LogP contribution >= 0.6 is 11.8 Å². The Morgan fingerprint density at radius 2 is 1.78 bits per heavy atom. The number of rotatable bonds is 10. The van der Waals surface area contributed by atoms with E-state index in [-0.39, 0.29) is 11.8 Å². The van der Waals surface area contributed by atoms with Crippen LogP contribution in [0.1, 0.15) is 61.9 Å². The standard InChI is InChI=1S/C25H34N4O2S/c1-16(2)12-13-28-18(5)14-22(19(28)6)23(30)15-32-25-27-26-24(29(25)17(3)4)20-8-10-21(31-7)11-9-20/h8-11,14,16-17H,12-13,15H2,1-7H3. The Morgan fingerprint density at radius 3 is 2.38 bits per heavy atom. The fourth-order valence-electron chi connectivity index (χ4n) is 3.80. The molecule has 2 aromatic heterocycles. The first-order chi connectivity index (χ1) is 15.2. The molecule has 0 aliphatic heterocycles. The summed E-state index contributed by atoms with van der Waals surface area (Å²) in [7, 11) is 1.65. The number of Topliss-reactive ketones (excluding diaryl/α,β-unsaturated/α-hetero) is 1. The van der Waals surface area contributed by atoms with Crippen molar-refractivity contribution in [2.45, 2.75) is 65.7 Å². The van der Waals surface area contributed by atoms with Gasteiger partial charge in [0.15, 0.2) is 16.8 Å². The van der Waals surface area contributed by atoms with E-state index in [0.29, 0.717) is 11.7 Å². The molecule has 0 atom stereocenters. The van der Waals surface area contributed by atoms with Crippen LogP contribution in [-0.2, 0) is 6.54 Å². The molecule has 7 heteroatoms. The monoisotopic (exact) mass is 454 g/mol. The van der Waals surface area contributed by atoms with Gasteiger partial charge in [-0.1, -0.05) is 25.6 Å². The van der Waals surface area contributed by atoms with E-state index < -0.39 is 0 Å². The molecule has 0 radical (unpaired) electrons. The van der Waals surface area contributed by atoms with E-state index in [1.165, 1.54) is 11.8 Å². The fraction of sp³-hybridized carbons (Fsp3) is 0.480. The Balaban J connectivity index is 1.78.